The van der Waals surface area contributed by atoms with E-state index in [4.69, 9.17) is 5.11 Å². The van der Waals surface area contributed by atoms with Crippen molar-refractivity contribution in [3.63, 3.8) is 0 Å². The Kier molecular flexibility index (Phi) is 3.60. The van der Waals surface area contributed by atoms with Crippen LogP contribution < -0.4 is 5.32 Å². The van der Waals surface area contributed by atoms with Gasteiger partial charge in [0.25, 0.3) is 5.91 Å². The van der Waals surface area contributed by atoms with Crippen LogP contribution in [0.5, 0.6) is 5.75 Å². The zero-order chi connectivity index (χ0) is 14.7. The smallest absolute Gasteiger partial charge is 0.335 e. The van der Waals surface area contributed by atoms with Gasteiger partial charge in [-0.1, -0.05) is 0 Å². The van der Waals surface area contributed by atoms with Crippen LogP contribution >= 0.6 is 0 Å². The van der Waals surface area contributed by atoms with Crippen LogP contribution in [0.25, 0.3) is 0 Å². The van der Waals surface area contributed by atoms with E-state index in [0.717, 1.165) is 18.2 Å². The van der Waals surface area contributed by atoms with Crippen molar-refractivity contribution in [2.45, 2.75) is 0 Å². The van der Waals surface area contributed by atoms with Crippen molar-refractivity contribution in [1.82, 2.24) is 4.98 Å². The first-order valence-electron chi connectivity index (χ1n) is 5.47. The van der Waals surface area contributed by atoms with Crippen LogP contribution in [0.4, 0.5) is 10.1 Å². The highest BCUT2D eigenvalue weighted by molar-refractivity contribution is 6.05. The molecule has 0 saturated carbocycles. The molecule has 6 nitrogen and oxygen atoms in total. The average Bonchev–Trinajstić information content (AvgIpc) is 2.41. The third-order valence-corrected chi connectivity index (χ3v) is 2.46. The molecule has 2 rings (SSSR count). The molecule has 0 unspecified atom stereocenters. The van der Waals surface area contributed by atoms with E-state index in [2.05, 4.69) is 10.3 Å². The molecular formula is C13H9FN2O4. The van der Waals surface area contributed by atoms with Crippen LogP contribution in [-0.4, -0.2) is 27.1 Å². The summed E-state index contributed by atoms with van der Waals surface area (Å²) in [6.45, 7) is 0. The lowest BCUT2D eigenvalue weighted by atomic mass is 10.2. The second kappa shape index (κ2) is 5.35. The van der Waals surface area contributed by atoms with Gasteiger partial charge in [-0.15, -0.1) is 0 Å². The summed E-state index contributed by atoms with van der Waals surface area (Å²) in [4.78, 5) is 26.3. The number of benzene rings is 1. The van der Waals surface area contributed by atoms with Crippen molar-refractivity contribution in [3.8, 4) is 5.75 Å². The fraction of sp³-hybridized carbons (Fsp3) is 0. The van der Waals surface area contributed by atoms with E-state index in [1.165, 1.54) is 18.3 Å². The summed E-state index contributed by atoms with van der Waals surface area (Å²) in [7, 11) is 0. The van der Waals surface area contributed by atoms with Gasteiger partial charge in [0.1, 0.15) is 11.6 Å². The zero-order valence-corrected chi connectivity index (χ0v) is 10.0. The fourth-order valence-electron chi connectivity index (χ4n) is 1.51. The lowest BCUT2D eigenvalue weighted by Crippen LogP contribution is -2.15. The molecular weight excluding hydrogens is 267 g/mol. The first-order chi connectivity index (χ1) is 9.49. The molecule has 102 valence electrons. The first-order valence-corrected chi connectivity index (χ1v) is 5.47. The number of hydrogen-bond donors (Lipinski definition) is 3. The highest BCUT2D eigenvalue weighted by Crippen LogP contribution is 2.19. The van der Waals surface area contributed by atoms with E-state index < -0.39 is 17.7 Å². The number of nitrogens with zero attached hydrogens (tertiary/aromatic N) is 1. The van der Waals surface area contributed by atoms with Crippen molar-refractivity contribution in [2.24, 2.45) is 0 Å². The molecule has 2 aromatic rings. The largest absolute Gasteiger partial charge is 0.505 e. The molecule has 0 aliphatic rings. The number of rotatable bonds is 3. The van der Waals surface area contributed by atoms with Crippen LogP contribution in [0.15, 0.2) is 36.5 Å². The number of pyridine rings is 1. The number of halogens is 1. The first kappa shape index (κ1) is 13.5. The van der Waals surface area contributed by atoms with Gasteiger partial charge in [0.15, 0.2) is 5.69 Å². The highest BCUT2D eigenvalue weighted by atomic mass is 19.1. The monoisotopic (exact) mass is 276 g/mol. The van der Waals surface area contributed by atoms with E-state index in [0.29, 0.717) is 0 Å². The summed E-state index contributed by atoms with van der Waals surface area (Å²) in [6, 6.07) is 5.67. The topological polar surface area (TPSA) is 99.5 Å². The highest BCUT2D eigenvalue weighted by Gasteiger charge is 2.15. The third-order valence-electron chi connectivity index (χ3n) is 2.46. The molecule has 0 aliphatic carbocycles. The number of carboxylic acids is 1. The second-order valence-electron chi connectivity index (χ2n) is 3.83. The van der Waals surface area contributed by atoms with E-state index in [1.807, 2.05) is 0 Å². The number of aromatic hydroxyl groups is 1. The molecule has 1 aromatic carbocycles. The summed E-state index contributed by atoms with van der Waals surface area (Å²) in [6.07, 6.45) is 1.29. The van der Waals surface area contributed by atoms with E-state index in [1.54, 1.807) is 0 Å². The Morgan fingerprint density at radius 1 is 1.25 bits per heavy atom. The molecule has 0 saturated heterocycles. The Morgan fingerprint density at radius 3 is 2.65 bits per heavy atom. The van der Waals surface area contributed by atoms with Crippen LogP contribution in [-0.2, 0) is 0 Å². The van der Waals surface area contributed by atoms with Crippen molar-refractivity contribution in [1.29, 1.82) is 0 Å². The molecule has 0 aliphatic heterocycles. The van der Waals surface area contributed by atoms with Gasteiger partial charge in [-0.2, -0.15) is 0 Å². The van der Waals surface area contributed by atoms with E-state index in [-0.39, 0.29) is 22.7 Å². The Balaban J connectivity index is 2.30. The average molecular weight is 276 g/mol. The van der Waals surface area contributed by atoms with Crippen molar-refractivity contribution in [3.05, 3.63) is 53.6 Å². The molecule has 0 spiro atoms. The number of aromatic nitrogens is 1. The van der Waals surface area contributed by atoms with Crippen molar-refractivity contribution >= 4 is 17.6 Å². The molecule has 7 heteroatoms. The molecule has 1 aromatic heterocycles. The van der Waals surface area contributed by atoms with Crippen molar-refractivity contribution < 1.29 is 24.2 Å². The molecule has 1 heterocycles. The van der Waals surface area contributed by atoms with Gasteiger partial charge in [-0.25, -0.2) is 14.2 Å². The van der Waals surface area contributed by atoms with Crippen LogP contribution in [0.3, 0.4) is 0 Å². The molecule has 3 N–H and O–H groups in total. The summed E-state index contributed by atoms with van der Waals surface area (Å²) >= 11 is 0. The minimum atomic E-state index is -1.25. The Labute approximate surface area is 112 Å². The molecule has 0 atom stereocenters. The standard InChI is InChI=1S/C13H9FN2O4/c14-8-4-3-7(13(19)20)6-9(8)16-12(18)11-10(17)2-1-5-15-11/h1-6,17H,(H,16,18)(H,19,20). The number of carbonyl (C=O) groups excluding carboxylic acids is 1. The predicted octanol–water partition coefficient (Wildman–Crippen LogP) is 1.88. The Bertz CT molecular complexity index is 688. The maximum atomic E-state index is 13.5. The Hall–Kier alpha value is -2.96. The SMILES string of the molecule is O=C(O)c1ccc(F)c(NC(=O)c2ncccc2O)c1. The summed E-state index contributed by atoms with van der Waals surface area (Å²) in [5, 5.41) is 20.4. The maximum Gasteiger partial charge on any atom is 0.335 e. The number of hydrogen-bond acceptors (Lipinski definition) is 4. The van der Waals surface area contributed by atoms with Gasteiger partial charge in [0, 0.05) is 6.20 Å². The molecule has 0 radical (unpaired) electrons. The normalized spacial score (nSPS) is 10.1. The van der Waals surface area contributed by atoms with Gasteiger partial charge in [-0.3, -0.25) is 4.79 Å². The third kappa shape index (κ3) is 2.72. The van der Waals surface area contributed by atoms with Gasteiger partial charge < -0.3 is 15.5 Å². The van der Waals surface area contributed by atoms with Gasteiger partial charge in [-0.05, 0) is 30.3 Å². The van der Waals surface area contributed by atoms with Crippen molar-refractivity contribution in [2.75, 3.05) is 5.32 Å². The van der Waals surface area contributed by atoms with Crippen LogP contribution in [0, 0.1) is 5.82 Å². The number of nitrogens with one attached hydrogen (secondary N) is 1. The van der Waals surface area contributed by atoms with Gasteiger partial charge in [0.2, 0.25) is 0 Å². The lowest BCUT2D eigenvalue weighted by molar-refractivity contribution is 0.0696. The Morgan fingerprint density at radius 2 is 2.00 bits per heavy atom. The lowest BCUT2D eigenvalue weighted by Gasteiger charge is -2.07. The van der Waals surface area contributed by atoms with Gasteiger partial charge in [0.05, 0.1) is 11.3 Å². The molecule has 0 fully saturated rings. The minimum Gasteiger partial charge on any atom is -0.505 e. The van der Waals surface area contributed by atoms with Crippen LogP contribution in [0.2, 0.25) is 0 Å². The minimum absolute atomic E-state index is 0.174. The second-order valence-corrected chi connectivity index (χ2v) is 3.83. The number of amides is 1. The zero-order valence-electron chi connectivity index (χ0n) is 10.0. The fourth-order valence-corrected chi connectivity index (χ4v) is 1.51. The molecule has 20 heavy (non-hydrogen) atoms. The quantitative estimate of drug-likeness (QED) is 0.794. The van der Waals surface area contributed by atoms with E-state index in [9.17, 15) is 19.1 Å². The number of carboxylic acid groups (broad SMARTS) is 1. The van der Waals surface area contributed by atoms with Gasteiger partial charge >= 0.3 is 5.97 Å². The number of aromatic carboxylic acids is 1. The van der Waals surface area contributed by atoms with Crippen LogP contribution in [0.1, 0.15) is 20.8 Å². The molecule has 1 amide bonds. The summed E-state index contributed by atoms with van der Waals surface area (Å²) < 4.78 is 13.5. The number of carbonyl (C=O) groups is 2. The van der Waals surface area contributed by atoms with E-state index >= 15 is 0 Å². The molecule has 0 bridgehead atoms. The maximum absolute atomic E-state index is 13.5. The summed E-state index contributed by atoms with van der Waals surface area (Å²) in [5.41, 5.74) is -0.764. The summed E-state index contributed by atoms with van der Waals surface area (Å²) in [5.74, 6) is -3.25. The number of anilines is 1. The predicted molar refractivity (Wildman–Crippen MR) is 67.2 cm³/mol.